The quantitative estimate of drug-likeness (QED) is 0.150. The van der Waals surface area contributed by atoms with Crippen LogP contribution in [0, 0.1) is 11.6 Å². The summed E-state index contributed by atoms with van der Waals surface area (Å²) in [6.07, 6.45) is 0.128. The van der Waals surface area contributed by atoms with Crippen LogP contribution in [0.1, 0.15) is 27.2 Å². The molecule has 0 aliphatic carbocycles. The molecule has 0 saturated heterocycles. The molecule has 2 heterocycles. The number of amidine groups is 1. The molecule has 0 bridgehead atoms. The van der Waals surface area contributed by atoms with Gasteiger partial charge in [-0.1, -0.05) is 43.0 Å². The molecule has 6 N–H and O–H groups in total. The Balaban J connectivity index is 1.76. The molecule has 0 fully saturated rings. The van der Waals surface area contributed by atoms with E-state index < -0.39 is 29.5 Å². The third-order valence-electron chi connectivity index (χ3n) is 6.30. The highest BCUT2D eigenvalue weighted by molar-refractivity contribution is 6.02. The molecule has 0 atom stereocenters. The van der Waals surface area contributed by atoms with Gasteiger partial charge in [0, 0.05) is 12.5 Å². The highest BCUT2D eigenvalue weighted by atomic mass is 19.1. The molecule has 12 nitrogen and oxygen atoms in total. The van der Waals surface area contributed by atoms with Crippen molar-refractivity contribution in [3.05, 3.63) is 113 Å². The van der Waals surface area contributed by atoms with E-state index in [-0.39, 0.29) is 46.9 Å². The first kappa shape index (κ1) is 30.2. The van der Waals surface area contributed by atoms with E-state index in [1.807, 2.05) is 0 Å². The number of amides is 1. The molecule has 0 spiro atoms. The molecular formula is C29H28F2N8O4. The number of rotatable bonds is 9. The lowest BCUT2D eigenvalue weighted by atomic mass is 10.1. The van der Waals surface area contributed by atoms with Crippen molar-refractivity contribution in [1.82, 2.24) is 19.7 Å². The molecule has 43 heavy (non-hydrogen) atoms. The van der Waals surface area contributed by atoms with Crippen LogP contribution in [0.3, 0.4) is 0 Å². The number of nitrogens with zero attached hydrogens (tertiary/aromatic N) is 5. The van der Waals surface area contributed by atoms with Crippen LogP contribution in [-0.4, -0.2) is 51.8 Å². The molecule has 4 rings (SSSR count). The largest absolute Gasteiger partial charge is 0.465 e. The van der Waals surface area contributed by atoms with Gasteiger partial charge in [0.05, 0.1) is 43.7 Å². The molecule has 0 aliphatic rings. The summed E-state index contributed by atoms with van der Waals surface area (Å²) >= 11 is 0. The van der Waals surface area contributed by atoms with Gasteiger partial charge in [0.15, 0.2) is 5.84 Å². The minimum Gasteiger partial charge on any atom is -0.465 e. The van der Waals surface area contributed by atoms with Crippen LogP contribution in [0.25, 0.3) is 16.9 Å². The maximum Gasteiger partial charge on any atom is 0.414 e. The van der Waals surface area contributed by atoms with E-state index in [0.717, 1.165) is 24.3 Å². The van der Waals surface area contributed by atoms with Gasteiger partial charge in [-0.3, -0.25) is 4.90 Å². The number of carbonyl (C=O) groups excluding carboxylic acids is 2. The molecule has 0 unspecified atom stereocenters. The van der Waals surface area contributed by atoms with Crippen molar-refractivity contribution in [2.24, 2.45) is 22.2 Å². The Labute approximate surface area is 244 Å². The van der Waals surface area contributed by atoms with E-state index in [1.165, 1.54) is 23.9 Å². The van der Waals surface area contributed by atoms with Crippen LogP contribution in [0.4, 0.5) is 13.6 Å². The number of fused-ring (bicyclic) bond motifs is 1. The number of pyridine rings is 1. The Hall–Kier alpha value is -5.79. The summed E-state index contributed by atoms with van der Waals surface area (Å²) in [7, 11) is 2.35. The number of hydrogen-bond donors (Lipinski definition) is 3. The van der Waals surface area contributed by atoms with Gasteiger partial charge in [-0.15, -0.1) is 0 Å². The second kappa shape index (κ2) is 12.8. The highest BCUT2D eigenvalue weighted by Crippen LogP contribution is 2.25. The van der Waals surface area contributed by atoms with Crippen LogP contribution >= 0.6 is 0 Å². The van der Waals surface area contributed by atoms with Crippen LogP contribution in [0.2, 0.25) is 0 Å². The normalized spacial score (nSPS) is 11.2. The Bertz CT molecular complexity index is 1780. The number of aromatic nitrogens is 3. The minimum absolute atomic E-state index is 0.0396. The molecule has 0 aliphatic heterocycles. The zero-order valence-corrected chi connectivity index (χ0v) is 23.3. The second-order valence-electron chi connectivity index (χ2n) is 9.07. The Morgan fingerprint density at radius 3 is 2.35 bits per heavy atom. The number of carbonyl (C=O) groups is 2. The van der Waals surface area contributed by atoms with Crippen LogP contribution in [0.15, 0.2) is 83.9 Å². The maximum atomic E-state index is 14.4. The predicted octanol–water partition coefficient (Wildman–Crippen LogP) is 3.23. The maximum absolute atomic E-state index is 14.4. The molecule has 222 valence electrons. The predicted molar refractivity (Wildman–Crippen MR) is 155 cm³/mol. The Kier molecular flexibility index (Phi) is 8.99. The first-order valence-corrected chi connectivity index (χ1v) is 12.6. The Morgan fingerprint density at radius 2 is 1.70 bits per heavy atom. The number of methoxy groups -OCH3 is 2. The average molecular weight is 591 g/mol. The van der Waals surface area contributed by atoms with Gasteiger partial charge in [0.2, 0.25) is 0 Å². The summed E-state index contributed by atoms with van der Waals surface area (Å²) in [5.41, 5.74) is 19.6. The van der Waals surface area contributed by atoms with Crippen molar-refractivity contribution >= 4 is 34.8 Å². The summed E-state index contributed by atoms with van der Waals surface area (Å²) in [4.78, 5) is 34.6. The fourth-order valence-corrected chi connectivity index (χ4v) is 4.34. The van der Waals surface area contributed by atoms with E-state index in [1.54, 1.807) is 36.4 Å². The summed E-state index contributed by atoms with van der Waals surface area (Å²) in [6, 6.07) is 13.7. The molecule has 4 aromatic rings. The number of nitrogens with two attached hydrogens (primary N) is 3. The number of esters is 1. The smallest absolute Gasteiger partial charge is 0.414 e. The fraction of sp³-hybridized carbons (Fsp3) is 0.138. The summed E-state index contributed by atoms with van der Waals surface area (Å²) < 4.78 is 39.6. The van der Waals surface area contributed by atoms with Gasteiger partial charge in [-0.2, -0.15) is 5.10 Å². The molecule has 0 saturated carbocycles. The average Bonchev–Trinajstić information content (AvgIpc) is 3.34. The van der Waals surface area contributed by atoms with Gasteiger partial charge in [-0.05, 0) is 23.3 Å². The molecule has 14 heteroatoms. The van der Waals surface area contributed by atoms with Gasteiger partial charge in [0.25, 0.3) is 0 Å². The Morgan fingerprint density at radius 1 is 1.02 bits per heavy atom. The first-order chi connectivity index (χ1) is 20.5. The second-order valence-corrected chi connectivity index (χ2v) is 9.07. The van der Waals surface area contributed by atoms with Crippen molar-refractivity contribution in [1.29, 1.82) is 0 Å². The van der Waals surface area contributed by atoms with Gasteiger partial charge >= 0.3 is 12.1 Å². The van der Waals surface area contributed by atoms with Crippen molar-refractivity contribution in [3.63, 3.8) is 0 Å². The van der Waals surface area contributed by atoms with Crippen LogP contribution in [0.5, 0.6) is 0 Å². The van der Waals surface area contributed by atoms with Gasteiger partial charge in [0.1, 0.15) is 34.5 Å². The van der Waals surface area contributed by atoms with E-state index in [4.69, 9.17) is 26.7 Å². The zero-order valence-electron chi connectivity index (χ0n) is 23.3. The third kappa shape index (κ3) is 6.43. The number of benzene rings is 2. The molecule has 1 amide bonds. The molecule has 2 aromatic heterocycles. The minimum atomic E-state index is -0.921. The number of ether oxygens (including phenoxy) is 2. The summed E-state index contributed by atoms with van der Waals surface area (Å²) in [6.45, 7) is 3.63. The topological polar surface area (TPSA) is 177 Å². The van der Waals surface area contributed by atoms with E-state index in [0.29, 0.717) is 16.8 Å². The highest BCUT2D eigenvalue weighted by Gasteiger charge is 2.27. The number of halogens is 2. The zero-order chi connectivity index (χ0) is 31.3. The standard InChI is InChI=1S/C29H28F2N8O4/c1-16(39-23-13-19(30)14-35-24(23)22(37-39)12-17-8-5-7-11-21(17)31)36-27(34)25(26(32)33)38(29(41)43-3)15-18-9-4-6-10-20(18)28(40)42-2/h4-11,13-14H,1,12,15,32-33H2,2-3H3,(H2,34,36). The lowest BCUT2D eigenvalue weighted by Gasteiger charge is -2.25. The van der Waals surface area contributed by atoms with Crippen molar-refractivity contribution < 1.29 is 27.8 Å². The van der Waals surface area contributed by atoms with E-state index >= 15 is 0 Å². The SMILES string of the molecule is C=C(/N=C(/N)C(=C(N)N)N(Cc1ccccc1C(=O)OC)C(=O)OC)n1nc(Cc2ccccc2F)c2ncc(F)cc21. The van der Waals surface area contributed by atoms with Crippen molar-refractivity contribution in [2.75, 3.05) is 14.2 Å². The summed E-state index contributed by atoms with van der Waals surface area (Å²) in [5.74, 6) is -2.67. The van der Waals surface area contributed by atoms with Gasteiger partial charge in [-0.25, -0.2) is 33.0 Å². The lowest BCUT2D eigenvalue weighted by Crippen LogP contribution is -2.40. The molecular weight excluding hydrogens is 562 g/mol. The van der Waals surface area contributed by atoms with Crippen molar-refractivity contribution in [2.45, 2.75) is 13.0 Å². The van der Waals surface area contributed by atoms with Crippen LogP contribution in [-0.2, 0) is 22.4 Å². The lowest BCUT2D eigenvalue weighted by molar-refractivity contribution is 0.0598. The summed E-state index contributed by atoms with van der Waals surface area (Å²) in [5, 5.41) is 4.45. The van der Waals surface area contributed by atoms with Crippen molar-refractivity contribution in [3.8, 4) is 0 Å². The molecule has 2 aromatic carbocycles. The first-order valence-electron chi connectivity index (χ1n) is 12.6. The van der Waals surface area contributed by atoms with E-state index in [2.05, 4.69) is 21.7 Å². The third-order valence-corrected chi connectivity index (χ3v) is 6.30. The monoisotopic (exact) mass is 590 g/mol. The fourth-order valence-electron chi connectivity index (χ4n) is 4.34. The number of hydrogen-bond acceptors (Lipinski definition) is 9. The van der Waals surface area contributed by atoms with E-state index in [9.17, 15) is 18.4 Å². The molecule has 0 radical (unpaired) electrons. The van der Waals surface area contributed by atoms with Crippen LogP contribution < -0.4 is 17.2 Å². The number of aliphatic imine (C=N–C) groups is 1. The van der Waals surface area contributed by atoms with Gasteiger partial charge < -0.3 is 26.7 Å².